The second-order valence-corrected chi connectivity index (χ2v) is 7.80. The standard InChI is InChI=1S/C18H32NO5P/c1-2-3-4-5-6-7-8-15-9-11-16(12-10-15)13-18(20)17(19)14-24-25(21,22)23/h9-12,17-18,20H,2-8,13-14,19H2,1H3,(H2,21,22,23). The fourth-order valence-electron chi connectivity index (χ4n) is 2.64. The van der Waals surface area contributed by atoms with Crippen molar-refractivity contribution >= 4 is 7.82 Å². The molecule has 0 aliphatic rings. The summed E-state index contributed by atoms with van der Waals surface area (Å²) in [6, 6.07) is 7.20. The van der Waals surface area contributed by atoms with E-state index in [1.165, 1.54) is 44.1 Å². The van der Waals surface area contributed by atoms with Crippen molar-refractivity contribution in [1.82, 2.24) is 0 Å². The third-order valence-electron chi connectivity index (χ3n) is 4.22. The van der Waals surface area contributed by atoms with Crippen molar-refractivity contribution in [2.24, 2.45) is 5.73 Å². The van der Waals surface area contributed by atoms with Gasteiger partial charge >= 0.3 is 7.82 Å². The molecule has 0 aromatic heterocycles. The van der Waals surface area contributed by atoms with Gasteiger partial charge in [-0.1, -0.05) is 63.3 Å². The van der Waals surface area contributed by atoms with Crippen molar-refractivity contribution < 1.29 is 24.0 Å². The minimum Gasteiger partial charge on any atom is -0.391 e. The number of nitrogens with two attached hydrogens (primary N) is 1. The lowest BCUT2D eigenvalue weighted by Gasteiger charge is -2.19. The van der Waals surface area contributed by atoms with E-state index in [2.05, 4.69) is 23.6 Å². The Morgan fingerprint density at radius 3 is 2.20 bits per heavy atom. The molecule has 0 amide bonds. The lowest BCUT2D eigenvalue weighted by Crippen LogP contribution is -2.39. The van der Waals surface area contributed by atoms with E-state index in [9.17, 15) is 9.67 Å². The number of aryl methyl sites for hydroxylation is 1. The fraction of sp³-hybridized carbons (Fsp3) is 0.667. The predicted molar refractivity (Wildman–Crippen MR) is 99.2 cm³/mol. The molecule has 1 aromatic carbocycles. The van der Waals surface area contributed by atoms with E-state index < -0.39 is 20.0 Å². The average Bonchev–Trinajstić information content (AvgIpc) is 2.56. The molecule has 1 rings (SSSR count). The number of aliphatic hydroxyl groups excluding tert-OH is 1. The molecule has 0 aliphatic heterocycles. The molecule has 0 bridgehead atoms. The molecule has 5 N–H and O–H groups in total. The van der Waals surface area contributed by atoms with Crippen molar-refractivity contribution in [2.45, 2.75) is 70.4 Å². The largest absolute Gasteiger partial charge is 0.469 e. The molecule has 0 saturated heterocycles. The molecule has 0 radical (unpaired) electrons. The molecule has 0 saturated carbocycles. The Labute approximate surface area is 150 Å². The smallest absolute Gasteiger partial charge is 0.391 e. The lowest BCUT2D eigenvalue weighted by atomic mass is 10.00. The number of unbranched alkanes of at least 4 members (excludes halogenated alkanes) is 5. The van der Waals surface area contributed by atoms with Crippen LogP contribution in [0.1, 0.15) is 56.6 Å². The first-order chi connectivity index (χ1) is 11.8. The number of phosphoric acid groups is 1. The van der Waals surface area contributed by atoms with Gasteiger partial charge in [-0.15, -0.1) is 0 Å². The molecule has 0 aliphatic carbocycles. The summed E-state index contributed by atoms with van der Waals surface area (Å²) in [6.07, 6.45) is 8.11. The minimum atomic E-state index is -4.56. The van der Waals surface area contributed by atoms with Gasteiger partial charge in [0.2, 0.25) is 0 Å². The van der Waals surface area contributed by atoms with Gasteiger partial charge in [0.1, 0.15) is 0 Å². The van der Waals surface area contributed by atoms with Gasteiger partial charge < -0.3 is 20.6 Å². The summed E-state index contributed by atoms with van der Waals surface area (Å²) < 4.78 is 15.0. The average molecular weight is 373 g/mol. The molecule has 0 fully saturated rings. The van der Waals surface area contributed by atoms with Crippen molar-refractivity contribution in [1.29, 1.82) is 0 Å². The highest BCUT2D eigenvalue weighted by Crippen LogP contribution is 2.35. The Morgan fingerprint density at radius 1 is 1.04 bits per heavy atom. The van der Waals surface area contributed by atoms with Crippen LogP contribution in [0, 0.1) is 0 Å². The summed E-state index contributed by atoms with van der Waals surface area (Å²) in [5.41, 5.74) is 7.92. The van der Waals surface area contributed by atoms with Crippen LogP contribution in [0.25, 0.3) is 0 Å². The third-order valence-corrected chi connectivity index (χ3v) is 4.70. The number of hydrogen-bond acceptors (Lipinski definition) is 4. The summed E-state index contributed by atoms with van der Waals surface area (Å²) in [7, 11) is -4.56. The SMILES string of the molecule is CCCCCCCCc1ccc(CC(O)C(N)COP(=O)(O)O)cc1. The van der Waals surface area contributed by atoms with E-state index in [1.54, 1.807) is 0 Å². The van der Waals surface area contributed by atoms with Gasteiger partial charge in [0, 0.05) is 0 Å². The molecule has 0 spiro atoms. The van der Waals surface area contributed by atoms with E-state index in [-0.39, 0.29) is 6.61 Å². The van der Waals surface area contributed by atoms with Gasteiger partial charge in [-0.2, -0.15) is 0 Å². The van der Waals surface area contributed by atoms with Gasteiger partial charge in [0.15, 0.2) is 0 Å². The second kappa shape index (κ2) is 11.8. The monoisotopic (exact) mass is 373 g/mol. The normalized spacial score (nSPS) is 14.4. The van der Waals surface area contributed by atoms with Crippen molar-refractivity contribution in [3.05, 3.63) is 35.4 Å². The summed E-state index contributed by atoms with van der Waals surface area (Å²) in [5.74, 6) is 0. The van der Waals surface area contributed by atoms with Crippen LogP contribution >= 0.6 is 7.82 Å². The maximum atomic E-state index is 10.6. The minimum absolute atomic E-state index is 0.322. The van der Waals surface area contributed by atoms with Crippen LogP contribution in [0.3, 0.4) is 0 Å². The molecular formula is C18H32NO5P. The highest BCUT2D eigenvalue weighted by atomic mass is 31.2. The van der Waals surface area contributed by atoms with Gasteiger partial charge in [0.05, 0.1) is 18.8 Å². The number of phosphoric ester groups is 1. The Morgan fingerprint density at radius 2 is 1.60 bits per heavy atom. The molecule has 1 aromatic rings. The van der Waals surface area contributed by atoms with Gasteiger partial charge in [-0.05, 0) is 30.4 Å². The number of benzene rings is 1. The Hall–Kier alpha value is -0.750. The molecule has 144 valence electrons. The highest BCUT2D eigenvalue weighted by molar-refractivity contribution is 7.46. The van der Waals surface area contributed by atoms with Crippen LogP contribution in [0.5, 0.6) is 0 Å². The van der Waals surface area contributed by atoms with Crippen LogP contribution in [0.4, 0.5) is 0 Å². The van der Waals surface area contributed by atoms with Crippen LogP contribution < -0.4 is 5.73 Å². The van der Waals surface area contributed by atoms with Crippen molar-refractivity contribution in [3.8, 4) is 0 Å². The van der Waals surface area contributed by atoms with E-state index in [0.29, 0.717) is 6.42 Å². The fourth-order valence-corrected chi connectivity index (χ4v) is 3.00. The quantitative estimate of drug-likeness (QED) is 0.312. The third kappa shape index (κ3) is 10.8. The van der Waals surface area contributed by atoms with Crippen molar-refractivity contribution in [2.75, 3.05) is 6.61 Å². The predicted octanol–water partition coefficient (Wildman–Crippen LogP) is 2.93. The molecule has 2 atom stereocenters. The van der Waals surface area contributed by atoms with E-state index in [1.807, 2.05) is 12.1 Å². The highest BCUT2D eigenvalue weighted by Gasteiger charge is 2.21. The number of hydrogen-bond donors (Lipinski definition) is 4. The van der Waals surface area contributed by atoms with Crippen LogP contribution in [-0.2, 0) is 21.9 Å². The van der Waals surface area contributed by atoms with Crippen LogP contribution in [0.2, 0.25) is 0 Å². The van der Waals surface area contributed by atoms with Gasteiger partial charge in [0.25, 0.3) is 0 Å². The molecule has 0 heterocycles. The topological polar surface area (TPSA) is 113 Å². The molecule has 2 unspecified atom stereocenters. The number of rotatable bonds is 13. The lowest BCUT2D eigenvalue weighted by molar-refractivity contribution is 0.102. The zero-order valence-electron chi connectivity index (χ0n) is 15.0. The summed E-state index contributed by atoms with van der Waals surface area (Å²) in [6.45, 7) is 1.83. The summed E-state index contributed by atoms with van der Waals surface area (Å²) in [4.78, 5) is 17.3. The maximum Gasteiger partial charge on any atom is 0.469 e. The zero-order valence-corrected chi connectivity index (χ0v) is 15.9. The first-order valence-electron chi connectivity index (χ1n) is 9.03. The van der Waals surface area contributed by atoms with Crippen LogP contribution in [0.15, 0.2) is 24.3 Å². The van der Waals surface area contributed by atoms with E-state index >= 15 is 0 Å². The first kappa shape index (κ1) is 22.3. The Balaban J connectivity index is 2.32. The van der Waals surface area contributed by atoms with E-state index in [0.717, 1.165) is 12.0 Å². The molecule has 25 heavy (non-hydrogen) atoms. The zero-order chi connectivity index (χ0) is 18.7. The van der Waals surface area contributed by atoms with Gasteiger partial charge in [-0.3, -0.25) is 4.52 Å². The number of aliphatic hydroxyl groups is 1. The molecule has 6 nitrogen and oxygen atoms in total. The summed E-state index contributed by atoms with van der Waals surface area (Å²) >= 11 is 0. The molecular weight excluding hydrogens is 341 g/mol. The maximum absolute atomic E-state index is 10.6. The van der Waals surface area contributed by atoms with Crippen LogP contribution in [-0.4, -0.2) is 33.6 Å². The summed E-state index contributed by atoms with van der Waals surface area (Å²) in [5, 5.41) is 10.0. The van der Waals surface area contributed by atoms with Crippen molar-refractivity contribution in [3.63, 3.8) is 0 Å². The second-order valence-electron chi connectivity index (χ2n) is 6.56. The molecule has 7 heteroatoms. The first-order valence-corrected chi connectivity index (χ1v) is 10.6. The van der Waals surface area contributed by atoms with Gasteiger partial charge in [-0.25, -0.2) is 4.57 Å². The Bertz CT molecular complexity index is 517. The Kier molecular flexibility index (Phi) is 10.5. The van der Waals surface area contributed by atoms with E-state index in [4.69, 9.17) is 15.5 Å².